The minimum atomic E-state index is 0.678. The fourth-order valence-electron chi connectivity index (χ4n) is 3.06. The van der Waals surface area contributed by atoms with Crippen LogP contribution in [0.5, 0.6) is 0 Å². The molecule has 0 bridgehead atoms. The smallest absolute Gasteiger partial charge is 0.0247 e. The van der Waals surface area contributed by atoms with Crippen molar-refractivity contribution in [3.05, 3.63) is 0 Å². The summed E-state index contributed by atoms with van der Waals surface area (Å²) in [6.07, 6.45) is 4.81. The molecule has 4 unspecified atom stereocenters. The summed E-state index contributed by atoms with van der Waals surface area (Å²) in [5.41, 5.74) is 0. The lowest BCUT2D eigenvalue weighted by molar-refractivity contribution is 0.0483. The van der Waals surface area contributed by atoms with E-state index in [9.17, 15) is 0 Å². The quantitative estimate of drug-likeness (QED) is 0.771. The molecule has 0 amide bonds. The van der Waals surface area contributed by atoms with Crippen LogP contribution in [-0.2, 0) is 0 Å². The second-order valence-electron chi connectivity index (χ2n) is 6.54. The Hall–Kier alpha value is 0.270. The molecule has 0 radical (unpaired) electrons. The van der Waals surface area contributed by atoms with Crippen LogP contribution in [0.15, 0.2) is 0 Å². The normalized spacial score (nSPS) is 28.6. The van der Waals surface area contributed by atoms with Gasteiger partial charge >= 0.3 is 0 Å². The number of nitrogens with zero attached hydrogens (tertiary/aromatic N) is 1. The van der Waals surface area contributed by atoms with E-state index in [0.717, 1.165) is 18.4 Å². The van der Waals surface area contributed by atoms with Crippen LogP contribution in [-0.4, -0.2) is 48.1 Å². The predicted molar refractivity (Wildman–Crippen MR) is 89.0 cm³/mol. The molecule has 0 aliphatic carbocycles. The lowest BCUT2D eigenvalue weighted by Crippen LogP contribution is -2.62. The van der Waals surface area contributed by atoms with Crippen LogP contribution < -0.4 is 5.32 Å². The Morgan fingerprint density at radius 2 is 1.95 bits per heavy atom. The van der Waals surface area contributed by atoms with E-state index in [0.29, 0.717) is 18.1 Å². The molecule has 1 heterocycles. The van der Waals surface area contributed by atoms with Gasteiger partial charge in [0, 0.05) is 31.2 Å². The topological polar surface area (TPSA) is 15.3 Å². The number of rotatable bonds is 7. The molecule has 0 spiro atoms. The van der Waals surface area contributed by atoms with E-state index in [-0.39, 0.29) is 0 Å². The van der Waals surface area contributed by atoms with Gasteiger partial charge < -0.3 is 5.32 Å². The molecule has 2 nitrogen and oxygen atoms in total. The third kappa shape index (κ3) is 4.95. The summed E-state index contributed by atoms with van der Waals surface area (Å²) < 4.78 is 0. The number of thioether (sulfide) groups is 1. The van der Waals surface area contributed by atoms with Gasteiger partial charge in [0.05, 0.1) is 0 Å². The Morgan fingerprint density at radius 1 is 1.26 bits per heavy atom. The van der Waals surface area contributed by atoms with E-state index in [1.165, 1.54) is 25.1 Å². The largest absolute Gasteiger partial charge is 0.311 e. The maximum absolute atomic E-state index is 3.80. The molecule has 4 atom stereocenters. The van der Waals surface area contributed by atoms with Gasteiger partial charge in [0.25, 0.3) is 0 Å². The number of hydrogen-bond donors (Lipinski definition) is 1. The molecule has 1 N–H and O–H groups in total. The van der Waals surface area contributed by atoms with Gasteiger partial charge in [-0.3, -0.25) is 4.90 Å². The first-order chi connectivity index (χ1) is 9.01. The second kappa shape index (κ2) is 8.53. The van der Waals surface area contributed by atoms with E-state index < -0.39 is 0 Å². The molecule has 3 heteroatoms. The van der Waals surface area contributed by atoms with Crippen molar-refractivity contribution in [3.63, 3.8) is 0 Å². The first kappa shape index (κ1) is 17.3. The fraction of sp³-hybridized carbons (Fsp3) is 1.00. The predicted octanol–water partition coefficient (Wildman–Crippen LogP) is 3.47. The average molecular weight is 287 g/mol. The van der Waals surface area contributed by atoms with E-state index in [1.54, 1.807) is 0 Å². The summed E-state index contributed by atoms with van der Waals surface area (Å²) in [5.74, 6) is 2.80. The highest BCUT2D eigenvalue weighted by atomic mass is 32.2. The van der Waals surface area contributed by atoms with Crippen molar-refractivity contribution in [2.75, 3.05) is 25.1 Å². The van der Waals surface area contributed by atoms with Crippen molar-refractivity contribution in [1.82, 2.24) is 10.2 Å². The van der Waals surface area contributed by atoms with Crippen molar-refractivity contribution in [2.45, 2.75) is 65.6 Å². The summed E-state index contributed by atoms with van der Waals surface area (Å²) in [4.78, 5) is 2.79. The summed E-state index contributed by atoms with van der Waals surface area (Å²) in [6, 6.07) is 2.10. The minimum Gasteiger partial charge on any atom is -0.311 e. The van der Waals surface area contributed by atoms with Crippen LogP contribution >= 0.6 is 11.8 Å². The van der Waals surface area contributed by atoms with E-state index >= 15 is 0 Å². The highest BCUT2D eigenvalue weighted by Crippen LogP contribution is 2.23. The zero-order valence-corrected chi connectivity index (χ0v) is 14.6. The van der Waals surface area contributed by atoms with Gasteiger partial charge in [-0.1, -0.05) is 34.1 Å². The van der Waals surface area contributed by atoms with Gasteiger partial charge in [-0.15, -0.1) is 0 Å². The molecule has 0 saturated carbocycles. The highest BCUT2D eigenvalue weighted by molar-refractivity contribution is 7.98. The molecule has 1 aliphatic heterocycles. The summed E-state index contributed by atoms with van der Waals surface area (Å²) in [5, 5.41) is 3.80. The molecular weight excluding hydrogens is 252 g/mol. The van der Waals surface area contributed by atoms with Gasteiger partial charge in [-0.05, 0) is 37.2 Å². The molecule has 1 fully saturated rings. The van der Waals surface area contributed by atoms with Crippen molar-refractivity contribution in [1.29, 1.82) is 0 Å². The van der Waals surface area contributed by atoms with Gasteiger partial charge in [0.15, 0.2) is 0 Å². The molecule has 19 heavy (non-hydrogen) atoms. The van der Waals surface area contributed by atoms with Crippen LogP contribution in [0.25, 0.3) is 0 Å². The molecular formula is C16H34N2S. The third-order valence-corrected chi connectivity index (χ3v) is 5.47. The number of piperazine rings is 1. The first-order valence-electron chi connectivity index (χ1n) is 7.99. The van der Waals surface area contributed by atoms with Crippen molar-refractivity contribution >= 4 is 11.8 Å². The second-order valence-corrected chi connectivity index (χ2v) is 7.52. The van der Waals surface area contributed by atoms with Crippen LogP contribution in [0, 0.1) is 11.8 Å². The summed E-state index contributed by atoms with van der Waals surface area (Å²) in [6.45, 7) is 14.2. The van der Waals surface area contributed by atoms with Gasteiger partial charge in [0.1, 0.15) is 0 Å². The standard InChI is InChI=1S/C16H34N2S/c1-7-13(4)15-11-18(14(5)8-9-19-6)16(10-17-15)12(2)3/h12-17H,7-11H2,1-6H3. The Bertz CT molecular complexity index is 245. The zero-order valence-electron chi connectivity index (χ0n) is 13.8. The van der Waals surface area contributed by atoms with Crippen LogP contribution in [0.2, 0.25) is 0 Å². The highest BCUT2D eigenvalue weighted by Gasteiger charge is 2.33. The molecule has 1 saturated heterocycles. The van der Waals surface area contributed by atoms with Crippen LogP contribution in [0.4, 0.5) is 0 Å². The fourth-order valence-corrected chi connectivity index (χ4v) is 3.64. The monoisotopic (exact) mass is 286 g/mol. The van der Waals surface area contributed by atoms with Gasteiger partial charge in [-0.25, -0.2) is 0 Å². The lowest BCUT2D eigenvalue weighted by Gasteiger charge is -2.47. The van der Waals surface area contributed by atoms with Crippen molar-refractivity contribution in [2.24, 2.45) is 11.8 Å². The minimum absolute atomic E-state index is 0.678. The summed E-state index contributed by atoms with van der Waals surface area (Å²) >= 11 is 1.97. The van der Waals surface area contributed by atoms with E-state index in [4.69, 9.17) is 0 Å². The third-order valence-electron chi connectivity index (χ3n) is 4.83. The van der Waals surface area contributed by atoms with Gasteiger partial charge in [0.2, 0.25) is 0 Å². The summed E-state index contributed by atoms with van der Waals surface area (Å²) in [7, 11) is 0. The molecule has 0 aromatic rings. The molecule has 1 rings (SSSR count). The Kier molecular flexibility index (Phi) is 7.78. The first-order valence-corrected chi connectivity index (χ1v) is 9.38. The SMILES string of the molecule is CCC(C)C1CN(C(C)CCSC)C(C(C)C)CN1. The Morgan fingerprint density at radius 3 is 2.47 bits per heavy atom. The van der Waals surface area contributed by atoms with Crippen LogP contribution in [0.1, 0.15) is 47.5 Å². The number of hydrogen-bond acceptors (Lipinski definition) is 3. The van der Waals surface area contributed by atoms with Crippen molar-refractivity contribution in [3.8, 4) is 0 Å². The van der Waals surface area contributed by atoms with E-state index in [1.807, 2.05) is 11.8 Å². The maximum atomic E-state index is 3.80. The Labute approximate surface area is 125 Å². The molecule has 0 aromatic heterocycles. The van der Waals surface area contributed by atoms with Gasteiger partial charge in [-0.2, -0.15) is 11.8 Å². The lowest BCUT2D eigenvalue weighted by atomic mass is 9.90. The zero-order chi connectivity index (χ0) is 14.4. The Balaban J connectivity index is 2.67. The van der Waals surface area contributed by atoms with Crippen molar-refractivity contribution < 1.29 is 0 Å². The number of nitrogens with one attached hydrogen (secondary N) is 1. The van der Waals surface area contributed by atoms with Crippen LogP contribution in [0.3, 0.4) is 0 Å². The molecule has 0 aromatic carbocycles. The average Bonchev–Trinajstić information content (AvgIpc) is 2.42. The molecule has 114 valence electrons. The molecule has 1 aliphatic rings. The maximum Gasteiger partial charge on any atom is 0.0247 e. The van der Waals surface area contributed by atoms with E-state index in [2.05, 4.69) is 51.1 Å².